The normalized spacial score (nSPS) is 30.4. The average Bonchev–Trinajstić information content (AvgIpc) is 2.13. The van der Waals surface area contributed by atoms with E-state index >= 15 is 0 Å². The summed E-state index contributed by atoms with van der Waals surface area (Å²) in [5.41, 5.74) is 0. The molecule has 1 aliphatic heterocycles. The third kappa shape index (κ3) is 5.20. The van der Waals surface area contributed by atoms with Gasteiger partial charge in [0, 0.05) is 36.7 Å². The minimum Gasteiger partial charge on any atom is -0.389 e. The van der Waals surface area contributed by atoms with Crippen molar-refractivity contribution in [1.82, 2.24) is 4.90 Å². The van der Waals surface area contributed by atoms with Crippen LogP contribution in [0.3, 0.4) is 0 Å². The van der Waals surface area contributed by atoms with Crippen LogP contribution in [0.4, 0.5) is 0 Å². The van der Waals surface area contributed by atoms with Crippen LogP contribution < -0.4 is 0 Å². The van der Waals surface area contributed by atoms with Crippen molar-refractivity contribution in [3.63, 3.8) is 0 Å². The molecule has 0 spiro atoms. The molecule has 1 heterocycles. The average molecular weight is 233 g/mol. The van der Waals surface area contributed by atoms with E-state index in [-0.39, 0.29) is 6.10 Å². The van der Waals surface area contributed by atoms with E-state index in [1.807, 2.05) is 18.7 Å². The van der Waals surface area contributed by atoms with Gasteiger partial charge in [-0.3, -0.25) is 4.90 Å². The molecule has 0 aromatic rings. The van der Waals surface area contributed by atoms with Gasteiger partial charge in [-0.2, -0.15) is 11.8 Å². The van der Waals surface area contributed by atoms with Gasteiger partial charge in [0.1, 0.15) is 0 Å². The van der Waals surface area contributed by atoms with Crippen LogP contribution in [0.1, 0.15) is 20.8 Å². The topological polar surface area (TPSA) is 32.7 Å². The third-order valence-corrected chi connectivity index (χ3v) is 3.71. The molecule has 1 rings (SSSR count). The summed E-state index contributed by atoms with van der Waals surface area (Å²) in [4.78, 5) is 2.34. The molecule has 3 nitrogen and oxygen atoms in total. The molecule has 1 saturated heterocycles. The predicted molar refractivity (Wildman–Crippen MR) is 65.5 cm³/mol. The predicted octanol–water partition coefficient (Wildman–Crippen LogP) is 1.21. The molecule has 0 aromatic carbocycles. The summed E-state index contributed by atoms with van der Waals surface area (Å²) in [7, 11) is 0. The number of β-amino-alcohol motifs (C(OH)–C–C–N with tert-alkyl or cyclic N) is 1. The molecule has 1 N–H and O–H groups in total. The highest BCUT2D eigenvalue weighted by Crippen LogP contribution is 2.24. The third-order valence-electron chi connectivity index (χ3n) is 2.48. The first-order valence-corrected chi connectivity index (χ1v) is 6.69. The molecule has 4 heteroatoms. The van der Waals surface area contributed by atoms with Crippen molar-refractivity contribution in [2.75, 3.05) is 32.8 Å². The maximum absolute atomic E-state index is 9.73. The van der Waals surface area contributed by atoms with Gasteiger partial charge in [-0.15, -0.1) is 0 Å². The van der Waals surface area contributed by atoms with Crippen LogP contribution in [-0.2, 0) is 4.74 Å². The SMILES string of the molecule is CCOCC(O)CN1CC(C)SC(C)C1. The molecule has 3 atom stereocenters. The van der Waals surface area contributed by atoms with Crippen LogP contribution in [0.25, 0.3) is 0 Å². The summed E-state index contributed by atoms with van der Waals surface area (Å²) in [6.07, 6.45) is -0.340. The van der Waals surface area contributed by atoms with Crippen LogP contribution in [0.5, 0.6) is 0 Å². The maximum Gasteiger partial charge on any atom is 0.0900 e. The standard InChI is InChI=1S/C11H23NO2S/c1-4-14-8-11(13)7-12-5-9(2)15-10(3)6-12/h9-11,13H,4-8H2,1-3H3. The Morgan fingerprint density at radius 2 is 2.00 bits per heavy atom. The fraction of sp³-hybridized carbons (Fsp3) is 1.00. The lowest BCUT2D eigenvalue weighted by atomic mass is 10.3. The molecule has 0 saturated carbocycles. The Bertz CT molecular complexity index is 170. The lowest BCUT2D eigenvalue weighted by Gasteiger charge is -2.35. The first-order valence-electron chi connectivity index (χ1n) is 5.75. The Balaban J connectivity index is 2.24. The molecule has 90 valence electrons. The Kier molecular flexibility index (Phi) is 5.97. The fourth-order valence-electron chi connectivity index (χ4n) is 2.04. The summed E-state index contributed by atoms with van der Waals surface area (Å²) in [5, 5.41) is 11.1. The minimum atomic E-state index is -0.340. The van der Waals surface area contributed by atoms with Gasteiger partial charge in [0.05, 0.1) is 12.7 Å². The van der Waals surface area contributed by atoms with E-state index in [1.54, 1.807) is 0 Å². The number of ether oxygens (including phenoxy) is 1. The monoisotopic (exact) mass is 233 g/mol. The molecule has 15 heavy (non-hydrogen) atoms. The van der Waals surface area contributed by atoms with Crippen LogP contribution in [-0.4, -0.2) is 59.5 Å². The number of rotatable bonds is 5. The fourth-order valence-corrected chi connectivity index (χ4v) is 3.43. The van der Waals surface area contributed by atoms with Crippen molar-refractivity contribution in [2.24, 2.45) is 0 Å². The van der Waals surface area contributed by atoms with Gasteiger partial charge in [-0.1, -0.05) is 13.8 Å². The summed E-state index contributed by atoms with van der Waals surface area (Å²) in [6.45, 7) is 10.5. The molecule has 0 aliphatic carbocycles. The second-order valence-electron chi connectivity index (χ2n) is 4.29. The van der Waals surface area contributed by atoms with E-state index in [0.29, 0.717) is 23.7 Å². The van der Waals surface area contributed by atoms with Crippen molar-refractivity contribution < 1.29 is 9.84 Å². The Hall–Kier alpha value is 0.230. The second-order valence-corrected chi connectivity index (χ2v) is 6.17. The van der Waals surface area contributed by atoms with Crippen LogP contribution >= 0.6 is 11.8 Å². The van der Waals surface area contributed by atoms with Crippen molar-refractivity contribution in [3.05, 3.63) is 0 Å². The highest BCUT2D eigenvalue weighted by Gasteiger charge is 2.23. The van der Waals surface area contributed by atoms with Crippen molar-refractivity contribution in [3.8, 4) is 0 Å². The van der Waals surface area contributed by atoms with Crippen molar-refractivity contribution >= 4 is 11.8 Å². The first kappa shape index (κ1) is 13.3. The number of aliphatic hydroxyl groups is 1. The van der Waals surface area contributed by atoms with E-state index in [1.165, 1.54) is 0 Å². The second kappa shape index (κ2) is 6.74. The zero-order valence-corrected chi connectivity index (χ0v) is 10.8. The first-order chi connectivity index (χ1) is 7.11. The van der Waals surface area contributed by atoms with Gasteiger partial charge in [-0.25, -0.2) is 0 Å². The van der Waals surface area contributed by atoms with Crippen molar-refractivity contribution in [2.45, 2.75) is 37.4 Å². The van der Waals surface area contributed by atoms with Crippen LogP contribution in [0, 0.1) is 0 Å². The Morgan fingerprint density at radius 3 is 2.53 bits per heavy atom. The molecule has 0 aromatic heterocycles. The zero-order chi connectivity index (χ0) is 11.3. The lowest BCUT2D eigenvalue weighted by Crippen LogP contribution is -2.44. The Morgan fingerprint density at radius 1 is 1.40 bits per heavy atom. The molecule has 0 amide bonds. The highest BCUT2D eigenvalue weighted by atomic mass is 32.2. The molecule has 3 unspecified atom stereocenters. The molecule has 0 radical (unpaired) electrons. The van der Waals surface area contributed by atoms with E-state index in [2.05, 4.69) is 18.7 Å². The van der Waals surface area contributed by atoms with Crippen molar-refractivity contribution in [1.29, 1.82) is 0 Å². The highest BCUT2D eigenvalue weighted by molar-refractivity contribution is 8.00. The Labute approximate surface area is 97.2 Å². The molecular weight excluding hydrogens is 210 g/mol. The summed E-state index contributed by atoms with van der Waals surface area (Å²) in [5.74, 6) is 0. The van der Waals surface area contributed by atoms with E-state index in [0.717, 1.165) is 19.6 Å². The molecule has 1 aliphatic rings. The molecule has 1 fully saturated rings. The maximum atomic E-state index is 9.73. The zero-order valence-electron chi connectivity index (χ0n) is 9.98. The minimum absolute atomic E-state index is 0.340. The van der Waals surface area contributed by atoms with Gasteiger partial charge >= 0.3 is 0 Å². The molecule has 0 bridgehead atoms. The van der Waals surface area contributed by atoms with Gasteiger partial charge in [-0.05, 0) is 6.92 Å². The largest absolute Gasteiger partial charge is 0.389 e. The lowest BCUT2D eigenvalue weighted by molar-refractivity contribution is 0.0209. The van der Waals surface area contributed by atoms with Crippen LogP contribution in [0.2, 0.25) is 0 Å². The van der Waals surface area contributed by atoms with E-state index in [9.17, 15) is 5.11 Å². The van der Waals surface area contributed by atoms with Gasteiger partial charge in [0.2, 0.25) is 0 Å². The summed E-state index contributed by atoms with van der Waals surface area (Å²) >= 11 is 2.04. The van der Waals surface area contributed by atoms with Gasteiger partial charge in [0.25, 0.3) is 0 Å². The number of aliphatic hydroxyl groups excluding tert-OH is 1. The van der Waals surface area contributed by atoms with Crippen LogP contribution in [0.15, 0.2) is 0 Å². The number of thioether (sulfide) groups is 1. The summed E-state index contributed by atoms with van der Waals surface area (Å²) < 4.78 is 5.21. The van der Waals surface area contributed by atoms with Gasteiger partial charge in [0.15, 0.2) is 0 Å². The summed E-state index contributed by atoms with van der Waals surface area (Å²) in [6, 6.07) is 0. The number of hydrogen-bond donors (Lipinski definition) is 1. The van der Waals surface area contributed by atoms with E-state index in [4.69, 9.17) is 4.74 Å². The van der Waals surface area contributed by atoms with E-state index < -0.39 is 0 Å². The quantitative estimate of drug-likeness (QED) is 0.774. The molecular formula is C11H23NO2S. The number of hydrogen-bond acceptors (Lipinski definition) is 4. The number of nitrogens with zero attached hydrogens (tertiary/aromatic N) is 1. The van der Waals surface area contributed by atoms with Gasteiger partial charge < -0.3 is 9.84 Å². The smallest absolute Gasteiger partial charge is 0.0900 e.